The van der Waals surface area contributed by atoms with Crippen LogP contribution in [-0.4, -0.2) is 17.1 Å². The number of rotatable bonds is 4. The Morgan fingerprint density at radius 1 is 1.64 bits per heavy atom. The quantitative estimate of drug-likeness (QED) is 0.872. The van der Waals surface area contributed by atoms with Gasteiger partial charge in [0.1, 0.15) is 0 Å². The van der Waals surface area contributed by atoms with Crippen molar-refractivity contribution >= 4 is 27.6 Å². The number of halogens is 1. The van der Waals surface area contributed by atoms with E-state index in [4.69, 9.17) is 5.11 Å². The molecule has 3 nitrogen and oxygen atoms in total. The molecule has 0 spiro atoms. The minimum absolute atomic E-state index is 0.0678. The standard InChI is InChI=1S/C10H12BrNO2/c1-7(5-10(13)14)12-9-4-2-3-8(11)6-9/h2-4,6-7,12H,5H2,1H3,(H,13,14)/t7-/m1/s1. The first kappa shape index (κ1) is 11.0. The van der Waals surface area contributed by atoms with Gasteiger partial charge in [0, 0.05) is 16.2 Å². The van der Waals surface area contributed by atoms with Gasteiger partial charge in [-0.15, -0.1) is 0 Å². The van der Waals surface area contributed by atoms with E-state index >= 15 is 0 Å². The monoisotopic (exact) mass is 257 g/mol. The van der Waals surface area contributed by atoms with Crippen LogP contribution >= 0.6 is 15.9 Å². The fraction of sp³-hybridized carbons (Fsp3) is 0.300. The van der Waals surface area contributed by atoms with E-state index in [1.807, 2.05) is 31.2 Å². The van der Waals surface area contributed by atoms with Gasteiger partial charge >= 0.3 is 5.97 Å². The summed E-state index contributed by atoms with van der Waals surface area (Å²) in [4.78, 5) is 10.4. The van der Waals surface area contributed by atoms with Crippen LogP contribution in [0.25, 0.3) is 0 Å². The number of carboxylic acid groups (broad SMARTS) is 1. The van der Waals surface area contributed by atoms with Gasteiger partial charge in [0.05, 0.1) is 6.42 Å². The average Bonchev–Trinajstić information content (AvgIpc) is 2.01. The lowest BCUT2D eigenvalue weighted by Crippen LogP contribution is -2.19. The van der Waals surface area contributed by atoms with Crippen LogP contribution in [-0.2, 0) is 4.79 Å². The Balaban J connectivity index is 2.55. The molecule has 0 aliphatic heterocycles. The number of hydrogen-bond donors (Lipinski definition) is 2. The molecule has 0 aromatic heterocycles. The third-order valence-electron chi connectivity index (χ3n) is 1.72. The number of aliphatic carboxylic acids is 1. The summed E-state index contributed by atoms with van der Waals surface area (Å²) in [7, 11) is 0. The Hall–Kier alpha value is -1.03. The van der Waals surface area contributed by atoms with Gasteiger partial charge in [0.25, 0.3) is 0 Å². The lowest BCUT2D eigenvalue weighted by atomic mass is 10.2. The molecule has 0 bridgehead atoms. The van der Waals surface area contributed by atoms with Crippen LogP contribution in [0.4, 0.5) is 5.69 Å². The van der Waals surface area contributed by atoms with Crippen LogP contribution in [0.2, 0.25) is 0 Å². The highest BCUT2D eigenvalue weighted by Crippen LogP contribution is 2.16. The Morgan fingerprint density at radius 2 is 2.36 bits per heavy atom. The maximum atomic E-state index is 10.4. The van der Waals surface area contributed by atoms with Gasteiger partial charge in [-0.25, -0.2) is 0 Å². The van der Waals surface area contributed by atoms with Gasteiger partial charge in [0.15, 0.2) is 0 Å². The molecule has 0 saturated heterocycles. The summed E-state index contributed by atoms with van der Waals surface area (Å²) in [5.41, 5.74) is 0.924. The highest BCUT2D eigenvalue weighted by Gasteiger charge is 2.06. The lowest BCUT2D eigenvalue weighted by Gasteiger charge is -2.12. The predicted octanol–water partition coefficient (Wildman–Crippen LogP) is 2.72. The molecule has 0 fully saturated rings. The maximum absolute atomic E-state index is 10.4. The van der Waals surface area contributed by atoms with Gasteiger partial charge in [-0.3, -0.25) is 4.79 Å². The van der Waals surface area contributed by atoms with E-state index in [-0.39, 0.29) is 12.5 Å². The molecule has 1 aromatic carbocycles. The van der Waals surface area contributed by atoms with Crippen molar-refractivity contribution < 1.29 is 9.90 Å². The Bertz CT molecular complexity index is 328. The van der Waals surface area contributed by atoms with Gasteiger partial charge in [-0.2, -0.15) is 0 Å². The summed E-state index contributed by atoms with van der Waals surface area (Å²) in [6.07, 6.45) is 0.118. The summed E-state index contributed by atoms with van der Waals surface area (Å²) in [6.45, 7) is 1.84. The summed E-state index contributed by atoms with van der Waals surface area (Å²) < 4.78 is 0.977. The first-order chi connectivity index (χ1) is 6.58. The lowest BCUT2D eigenvalue weighted by molar-refractivity contribution is -0.137. The first-order valence-electron chi connectivity index (χ1n) is 4.32. The van der Waals surface area contributed by atoms with Crippen LogP contribution in [0.15, 0.2) is 28.7 Å². The van der Waals surface area contributed by atoms with E-state index in [2.05, 4.69) is 21.2 Å². The van der Waals surface area contributed by atoms with E-state index in [1.165, 1.54) is 0 Å². The summed E-state index contributed by atoms with van der Waals surface area (Å²) in [6, 6.07) is 7.58. The fourth-order valence-electron chi connectivity index (χ4n) is 1.18. The molecule has 14 heavy (non-hydrogen) atoms. The van der Waals surface area contributed by atoms with Crippen molar-refractivity contribution in [3.63, 3.8) is 0 Å². The second-order valence-electron chi connectivity index (χ2n) is 3.15. The second kappa shape index (κ2) is 5.00. The van der Waals surface area contributed by atoms with E-state index in [0.717, 1.165) is 10.2 Å². The molecule has 0 amide bonds. The minimum Gasteiger partial charge on any atom is -0.481 e. The number of nitrogens with one attached hydrogen (secondary N) is 1. The highest BCUT2D eigenvalue weighted by molar-refractivity contribution is 9.10. The van der Waals surface area contributed by atoms with E-state index in [1.54, 1.807) is 0 Å². The molecule has 0 aliphatic rings. The molecule has 0 radical (unpaired) electrons. The average molecular weight is 258 g/mol. The largest absolute Gasteiger partial charge is 0.481 e. The molecule has 0 saturated carbocycles. The SMILES string of the molecule is C[C@H](CC(=O)O)Nc1cccc(Br)c1. The van der Waals surface area contributed by atoms with Crippen LogP contribution < -0.4 is 5.32 Å². The van der Waals surface area contributed by atoms with Crippen LogP contribution in [0.3, 0.4) is 0 Å². The Morgan fingerprint density at radius 3 is 2.93 bits per heavy atom. The zero-order valence-corrected chi connectivity index (χ0v) is 9.41. The Labute approximate surface area is 91.3 Å². The summed E-state index contributed by atoms with van der Waals surface area (Å²) >= 11 is 3.35. The minimum atomic E-state index is -0.792. The van der Waals surface area contributed by atoms with E-state index in [0.29, 0.717) is 0 Å². The van der Waals surface area contributed by atoms with Gasteiger partial charge in [-0.1, -0.05) is 22.0 Å². The van der Waals surface area contributed by atoms with Crippen LogP contribution in [0.5, 0.6) is 0 Å². The fourth-order valence-corrected chi connectivity index (χ4v) is 1.57. The first-order valence-corrected chi connectivity index (χ1v) is 5.11. The third-order valence-corrected chi connectivity index (χ3v) is 2.21. The van der Waals surface area contributed by atoms with Crippen LogP contribution in [0, 0.1) is 0 Å². The van der Waals surface area contributed by atoms with Gasteiger partial charge in [0.2, 0.25) is 0 Å². The number of benzene rings is 1. The van der Waals surface area contributed by atoms with Gasteiger partial charge < -0.3 is 10.4 Å². The number of hydrogen-bond acceptors (Lipinski definition) is 2. The van der Waals surface area contributed by atoms with Gasteiger partial charge in [-0.05, 0) is 25.1 Å². The van der Waals surface area contributed by atoms with E-state index in [9.17, 15) is 4.79 Å². The summed E-state index contributed by atoms with van der Waals surface area (Å²) in [5, 5.41) is 11.7. The second-order valence-corrected chi connectivity index (χ2v) is 4.07. The van der Waals surface area contributed by atoms with Crippen molar-refractivity contribution in [2.24, 2.45) is 0 Å². The maximum Gasteiger partial charge on any atom is 0.305 e. The normalized spacial score (nSPS) is 12.1. The van der Waals surface area contributed by atoms with Crippen molar-refractivity contribution in [1.82, 2.24) is 0 Å². The molecule has 0 aliphatic carbocycles. The van der Waals surface area contributed by atoms with Crippen molar-refractivity contribution in [2.45, 2.75) is 19.4 Å². The molecule has 2 N–H and O–H groups in total. The zero-order valence-electron chi connectivity index (χ0n) is 7.83. The molecule has 0 heterocycles. The van der Waals surface area contributed by atoms with Crippen LogP contribution in [0.1, 0.15) is 13.3 Å². The zero-order chi connectivity index (χ0) is 10.6. The molecule has 1 rings (SSSR count). The molecular formula is C10H12BrNO2. The van der Waals surface area contributed by atoms with Crippen molar-refractivity contribution in [1.29, 1.82) is 0 Å². The third kappa shape index (κ3) is 3.79. The summed E-state index contributed by atoms with van der Waals surface area (Å²) in [5.74, 6) is -0.792. The number of carboxylic acids is 1. The molecule has 4 heteroatoms. The van der Waals surface area contributed by atoms with Crippen molar-refractivity contribution in [2.75, 3.05) is 5.32 Å². The molecule has 76 valence electrons. The van der Waals surface area contributed by atoms with Crippen molar-refractivity contribution in [3.8, 4) is 0 Å². The topological polar surface area (TPSA) is 49.3 Å². The Kier molecular flexibility index (Phi) is 3.95. The molecule has 0 unspecified atom stereocenters. The van der Waals surface area contributed by atoms with E-state index < -0.39 is 5.97 Å². The van der Waals surface area contributed by atoms with Crippen molar-refractivity contribution in [3.05, 3.63) is 28.7 Å². The molecule has 1 atom stereocenters. The molecule has 1 aromatic rings. The highest BCUT2D eigenvalue weighted by atomic mass is 79.9. The smallest absolute Gasteiger partial charge is 0.305 e. The molecular weight excluding hydrogens is 246 g/mol. The predicted molar refractivity (Wildman–Crippen MR) is 59.5 cm³/mol. The number of anilines is 1. The number of carbonyl (C=O) groups is 1.